The maximum atomic E-state index is 13.1. The monoisotopic (exact) mass is 467 g/mol. The highest BCUT2D eigenvalue weighted by Crippen LogP contribution is 2.27. The van der Waals surface area contributed by atoms with Gasteiger partial charge in [-0.2, -0.15) is 0 Å². The van der Waals surface area contributed by atoms with Gasteiger partial charge in [0.2, 0.25) is 0 Å². The molecule has 0 fully saturated rings. The van der Waals surface area contributed by atoms with Crippen LogP contribution in [0.5, 0.6) is 5.75 Å². The molecule has 0 unspecified atom stereocenters. The Hall–Kier alpha value is -4.23. The fourth-order valence-electron chi connectivity index (χ4n) is 3.55. The first-order valence-electron chi connectivity index (χ1n) is 10.7. The largest absolute Gasteiger partial charge is 0.497 e. The van der Waals surface area contributed by atoms with Crippen LogP contribution in [-0.4, -0.2) is 23.0 Å². The van der Waals surface area contributed by atoms with E-state index in [9.17, 15) is 4.79 Å². The first-order valence-corrected chi connectivity index (χ1v) is 11.6. The minimum absolute atomic E-state index is 0.0837. The highest BCUT2D eigenvalue weighted by molar-refractivity contribution is 7.13. The zero-order chi connectivity index (χ0) is 23.3. The third-order valence-corrected chi connectivity index (χ3v) is 6.06. The molecule has 2 aromatic heterocycles. The molecule has 168 valence electrons. The molecule has 0 saturated heterocycles. The van der Waals surface area contributed by atoms with Crippen molar-refractivity contribution in [2.24, 2.45) is 0 Å². The summed E-state index contributed by atoms with van der Waals surface area (Å²) in [6, 6.07) is 26.7. The van der Waals surface area contributed by atoms with E-state index >= 15 is 0 Å². The minimum atomic E-state index is -0.418. The highest BCUT2D eigenvalue weighted by Gasteiger charge is 2.16. The maximum Gasteiger partial charge on any atom is 0.339 e. The van der Waals surface area contributed by atoms with Gasteiger partial charge in [0.15, 0.2) is 5.13 Å². The maximum absolute atomic E-state index is 13.1. The molecule has 0 saturated carbocycles. The number of carbonyl (C=O) groups excluding carboxylic acids is 1. The summed E-state index contributed by atoms with van der Waals surface area (Å²) in [5.74, 6) is 0.340. The predicted octanol–water partition coefficient (Wildman–Crippen LogP) is 6.47. The summed E-state index contributed by atoms with van der Waals surface area (Å²) < 4.78 is 10.9. The molecule has 0 aliphatic heterocycles. The summed E-state index contributed by atoms with van der Waals surface area (Å²) in [6.45, 7) is 0.0837. The summed E-state index contributed by atoms with van der Waals surface area (Å²) in [5.41, 5.74) is 4.41. The van der Waals surface area contributed by atoms with Gasteiger partial charge in [-0.05, 0) is 48.5 Å². The number of fused-ring (bicyclic) bond motifs is 1. The fraction of sp³-hybridized carbons (Fsp3) is 0.0741. The van der Waals surface area contributed by atoms with Crippen LogP contribution in [0.4, 0.5) is 10.8 Å². The lowest BCUT2D eigenvalue weighted by molar-refractivity contribution is 0.0471. The van der Waals surface area contributed by atoms with E-state index in [1.165, 1.54) is 11.3 Å². The number of anilines is 2. The summed E-state index contributed by atoms with van der Waals surface area (Å²) in [6.07, 6.45) is 0. The lowest BCUT2D eigenvalue weighted by Gasteiger charge is -2.10. The summed E-state index contributed by atoms with van der Waals surface area (Å²) in [7, 11) is 1.63. The Kier molecular flexibility index (Phi) is 6.18. The third-order valence-electron chi connectivity index (χ3n) is 5.25. The molecule has 7 heteroatoms. The number of rotatable bonds is 7. The standard InChI is InChI=1S/C27H21N3O3S/c1-32-21-13-11-18(12-14-21)25-15-23(22-9-5-6-10-24(22)30-25)26(31)33-16-20-17-34-27(29-20)28-19-7-3-2-4-8-19/h2-15,17H,16H2,1H3,(H,28,29). The van der Waals surface area contributed by atoms with E-state index in [0.717, 1.165) is 33.0 Å². The first-order chi connectivity index (χ1) is 16.7. The quantitative estimate of drug-likeness (QED) is 0.277. The topological polar surface area (TPSA) is 73.3 Å². The number of nitrogens with zero attached hydrogens (tertiary/aromatic N) is 2. The molecule has 5 rings (SSSR count). The molecule has 0 spiro atoms. The van der Waals surface area contributed by atoms with Crippen molar-refractivity contribution in [2.45, 2.75) is 6.61 Å². The number of para-hydroxylation sites is 2. The van der Waals surface area contributed by atoms with Crippen LogP contribution in [0, 0.1) is 0 Å². The van der Waals surface area contributed by atoms with E-state index in [2.05, 4.69) is 10.3 Å². The Balaban J connectivity index is 1.36. The van der Waals surface area contributed by atoms with Gasteiger partial charge in [0.25, 0.3) is 0 Å². The van der Waals surface area contributed by atoms with Crippen LogP contribution in [0.3, 0.4) is 0 Å². The smallest absolute Gasteiger partial charge is 0.339 e. The number of nitrogens with one attached hydrogen (secondary N) is 1. The van der Waals surface area contributed by atoms with Crippen LogP contribution >= 0.6 is 11.3 Å². The van der Waals surface area contributed by atoms with Gasteiger partial charge in [-0.1, -0.05) is 36.4 Å². The molecule has 3 aromatic carbocycles. The molecule has 0 atom stereocenters. The molecule has 6 nitrogen and oxygen atoms in total. The van der Waals surface area contributed by atoms with E-state index in [1.54, 1.807) is 13.2 Å². The van der Waals surface area contributed by atoms with Crippen molar-refractivity contribution in [1.29, 1.82) is 0 Å². The van der Waals surface area contributed by atoms with Gasteiger partial charge in [-0.25, -0.2) is 14.8 Å². The van der Waals surface area contributed by atoms with Gasteiger partial charge in [0, 0.05) is 22.0 Å². The minimum Gasteiger partial charge on any atom is -0.497 e. The Bertz CT molecular complexity index is 1430. The van der Waals surface area contributed by atoms with Crippen molar-refractivity contribution < 1.29 is 14.3 Å². The lowest BCUT2D eigenvalue weighted by Crippen LogP contribution is -2.07. The van der Waals surface area contributed by atoms with Gasteiger partial charge in [0.1, 0.15) is 12.4 Å². The summed E-state index contributed by atoms with van der Waals surface area (Å²) in [4.78, 5) is 22.4. The molecule has 1 N–H and O–H groups in total. The molecule has 2 heterocycles. The number of hydrogen-bond donors (Lipinski definition) is 1. The Morgan fingerprint density at radius 1 is 0.941 bits per heavy atom. The Morgan fingerprint density at radius 3 is 2.50 bits per heavy atom. The van der Waals surface area contributed by atoms with E-state index in [-0.39, 0.29) is 6.61 Å². The van der Waals surface area contributed by atoms with Crippen molar-refractivity contribution in [3.8, 4) is 17.0 Å². The molecular formula is C27H21N3O3S. The van der Waals surface area contributed by atoms with Crippen LogP contribution in [0.15, 0.2) is 90.3 Å². The van der Waals surface area contributed by atoms with Gasteiger partial charge < -0.3 is 14.8 Å². The van der Waals surface area contributed by atoms with Crippen LogP contribution in [0.2, 0.25) is 0 Å². The highest BCUT2D eigenvalue weighted by atomic mass is 32.1. The second kappa shape index (κ2) is 9.72. The Labute approximate surface area is 200 Å². The molecule has 0 aliphatic rings. The Morgan fingerprint density at radius 2 is 1.71 bits per heavy atom. The number of benzene rings is 3. The number of esters is 1. The molecule has 0 amide bonds. The average molecular weight is 468 g/mol. The zero-order valence-corrected chi connectivity index (χ0v) is 19.2. The second-order valence-electron chi connectivity index (χ2n) is 7.51. The van der Waals surface area contributed by atoms with Crippen LogP contribution < -0.4 is 10.1 Å². The van der Waals surface area contributed by atoms with E-state index < -0.39 is 5.97 Å². The van der Waals surface area contributed by atoms with E-state index in [4.69, 9.17) is 14.5 Å². The van der Waals surface area contributed by atoms with Gasteiger partial charge in [-0.3, -0.25) is 0 Å². The van der Waals surface area contributed by atoms with E-state index in [0.29, 0.717) is 17.0 Å². The lowest BCUT2D eigenvalue weighted by atomic mass is 10.0. The average Bonchev–Trinajstić information content (AvgIpc) is 3.34. The van der Waals surface area contributed by atoms with Crippen molar-refractivity contribution in [1.82, 2.24) is 9.97 Å². The zero-order valence-electron chi connectivity index (χ0n) is 18.4. The van der Waals surface area contributed by atoms with Gasteiger partial charge >= 0.3 is 5.97 Å². The molecule has 5 aromatic rings. The second-order valence-corrected chi connectivity index (χ2v) is 8.37. The van der Waals surface area contributed by atoms with Crippen LogP contribution in [0.1, 0.15) is 16.1 Å². The number of pyridine rings is 1. The predicted molar refractivity (Wildman–Crippen MR) is 135 cm³/mol. The number of carbonyl (C=O) groups is 1. The number of thiazole rings is 1. The van der Waals surface area contributed by atoms with Crippen molar-refractivity contribution >= 4 is 39.0 Å². The van der Waals surface area contributed by atoms with Crippen molar-refractivity contribution in [2.75, 3.05) is 12.4 Å². The van der Waals surface area contributed by atoms with Crippen molar-refractivity contribution in [3.05, 3.63) is 102 Å². The molecular weight excluding hydrogens is 446 g/mol. The van der Waals surface area contributed by atoms with Crippen molar-refractivity contribution in [3.63, 3.8) is 0 Å². The fourth-order valence-corrected chi connectivity index (χ4v) is 4.26. The van der Waals surface area contributed by atoms with Gasteiger partial charge in [0.05, 0.1) is 29.6 Å². The molecule has 0 aliphatic carbocycles. The number of hydrogen-bond acceptors (Lipinski definition) is 7. The SMILES string of the molecule is COc1ccc(-c2cc(C(=O)OCc3csc(Nc4ccccc4)n3)c3ccccc3n2)cc1. The van der Waals surface area contributed by atoms with Crippen LogP contribution in [0.25, 0.3) is 22.2 Å². The first kappa shape index (κ1) is 21.6. The number of ether oxygens (including phenoxy) is 2. The normalized spacial score (nSPS) is 10.7. The number of aromatic nitrogens is 2. The molecule has 0 radical (unpaired) electrons. The molecule has 0 bridgehead atoms. The third kappa shape index (κ3) is 4.74. The number of methoxy groups -OCH3 is 1. The van der Waals surface area contributed by atoms with E-state index in [1.807, 2.05) is 84.2 Å². The summed E-state index contributed by atoms with van der Waals surface area (Å²) in [5, 5.41) is 6.62. The molecule has 34 heavy (non-hydrogen) atoms. The van der Waals surface area contributed by atoms with Crippen LogP contribution in [-0.2, 0) is 11.3 Å². The summed E-state index contributed by atoms with van der Waals surface area (Å²) >= 11 is 1.46. The van der Waals surface area contributed by atoms with Gasteiger partial charge in [-0.15, -0.1) is 11.3 Å².